The first-order valence-electron chi connectivity index (χ1n) is 5.56. The predicted octanol–water partition coefficient (Wildman–Crippen LogP) is 2.26. The van der Waals surface area contributed by atoms with Crippen molar-refractivity contribution < 1.29 is 18.4 Å². The molecule has 0 bridgehead atoms. The largest absolute Gasteiger partial charge is 0.338 e. The monoisotopic (exact) mass is 255 g/mol. The van der Waals surface area contributed by atoms with Crippen molar-refractivity contribution in [3.05, 3.63) is 35.4 Å². The average Bonchev–Trinajstić information content (AvgIpc) is 2.38. The van der Waals surface area contributed by atoms with Crippen LogP contribution in [0.5, 0.6) is 0 Å². The first kappa shape index (κ1) is 14.3. The molecule has 3 nitrogen and oxygen atoms in total. The third-order valence-electron chi connectivity index (χ3n) is 3.07. The fourth-order valence-electron chi connectivity index (χ4n) is 1.48. The van der Waals surface area contributed by atoms with Gasteiger partial charge >= 0.3 is 0 Å². The number of carbonyl (C=O) groups excluding carboxylic acids is 2. The molecule has 1 rings (SSSR count). The van der Waals surface area contributed by atoms with Crippen LogP contribution in [0.25, 0.3) is 0 Å². The van der Waals surface area contributed by atoms with Gasteiger partial charge in [0.25, 0.3) is 5.91 Å². The lowest BCUT2D eigenvalue weighted by molar-refractivity contribution is -0.111. The van der Waals surface area contributed by atoms with Crippen molar-refractivity contribution in [2.24, 2.45) is 5.92 Å². The molecule has 2 atom stereocenters. The molecule has 2 unspecified atom stereocenters. The minimum absolute atomic E-state index is 0.0568. The Balaban J connectivity index is 2.92. The number of amides is 1. The number of nitrogens with zero attached hydrogens (tertiary/aromatic N) is 1. The third-order valence-corrected chi connectivity index (χ3v) is 3.07. The molecule has 98 valence electrons. The van der Waals surface area contributed by atoms with E-state index in [-0.39, 0.29) is 17.5 Å². The predicted molar refractivity (Wildman–Crippen MR) is 63.1 cm³/mol. The minimum Gasteiger partial charge on any atom is -0.338 e. The van der Waals surface area contributed by atoms with Crippen LogP contribution in [-0.4, -0.2) is 30.2 Å². The number of carbonyl (C=O) groups is 2. The SMILES string of the molecule is CC(C=O)C(C)N(C)C(=O)c1ccc(F)c(F)c1. The third kappa shape index (κ3) is 2.91. The summed E-state index contributed by atoms with van der Waals surface area (Å²) in [6.45, 7) is 3.41. The van der Waals surface area contributed by atoms with Gasteiger partial charge in [0.05, 0.1) is 0 Å². The molecule has 0 N–H and O–H groups in total. The van der Waals surface area contributed by atoms with E-state index >= 15 is 0 Å². The second-order valence-electron chi connectivity index (χ2n) is 4.28. The number of aldehydes is 1. The van der Waals surface area contributed by atoms with Crippen molar-refractivity contribution in [3.63, 3.8) is 0 Å². The number of benzene rings is 1. The molecule has 0 saturated heterocycles. The van der Waals surface area contributed by atoms with E-state index < -0.39 is 17.5 Å². The van der Waals surface area contributed by atoms with Gasteiger partial charge in [-0.15, -0.1) is 0 Å². The van der Waals surface area contributed by atoms with Crippen LogP contribution in [0.2, 0.25) is 0 Å². The van der Waals surface area contributed by atoms with E-state index in [0.717, 1.165) is 18.4 Å². The highest BCUT2D eigenvalue weighted by Crippen LogP contribution is 2.14. The van der Waals surface area contributed by atoms with Crippen molar-refractivity contribution in [2.75, 3.05) is 7.05 Å². The molecule has 1 amide bonds. The number of halogens is 2. The average molecular weight is 255 g/mol. The second kappa shape index (κ2) is 5.71. The minimum atomic E-state index is -1.06. The van der Waals surface area contributed by atoms with Crippen LogP contribution in [-0.2, 0) is 4.79 Å². The zero-order valence-corrected chi connectivity index (χ0v) is 10.5. The molecule has 0 aromatic heterocycles. The second-order valence-corrected chi connectivity index (χ2v) is 4.28. The molecule has 0 radical (unpaired) electrons. The van der Waals surface area contributed by atoms with Crippen LogP contribution in [0.4, 0.5) is 8.78 Å². The maximum absolute atomic E-state index is 13.0. The summed E-state index contributed by atoms with van der Waals surface area (Å²) in [5.74, 6) is -2.84. The molecule has 1 aromatic carbocycles. The van der Waals surface area contributed by atoms with Gasteiger partial charge in [0.1, 0.15) is 6.29 Å². The van der Waals surface area contributed by atoms with Crippen molar-refractivity contribution in [1.82, 2.24) is 4.90 Å². The standard InChI is InChI=1S/C13H15F2NO2/c1-8(7-17)9(2)16(3)13(18)10-4-5-11(14)12(15)6-10/h4-9H,1-3H3. The highest BCUT2D eigenvalue weighted by Gasteiger charge is 2.22. The summed E-state index contributed by atoms with van der Waals surface area (Å²) in [6.07, 6.45) is 0.750. The molecule has 0 aliphatic rings. The van der Waals surface area contributed by atoms with Gasteiger partial charge in [0.15, 0.2) is 11.6 Å². The van der Waals surface area contributed by atoms with Crippen molar-refractivity contribution >= 4 is 12.2 Å². The molecule has 0 heterocycles. The van der Waals surface area contributed by atoms with E-state index in [1.54, 1.807) is 13.8 Å². The Morgan fingerprint density at radius 3 is 2.39 bits per heavy atom. The van der Waals surface area contributed by atoms with Crippen LogP contribution >= 0.6 is 0 Å². The molecule has 0 saturated carbocycles. The van der Waals surface area contributed by atoms with Crippen molar-refractivity contribution in [1.29, 1.82) is 0 Å². The van der Waals surface area contributed by atoms with Gasteiger partial charge < -0.3 is 9.69 Å². The number of hydrogen-bond donors (Lipinski definition) is 0. The maximum atomic E-state index is 13.0. The summed E-state index contributed by atoms with van der Waals surface area (Å²) in [5, 5.41) is 0. The van der Waals surface area contributed by atoms with Crippen molar-refractivity contribution in [3.8, 4) is 0 Å². The van der Waals surface area contributed by atoms with E-state index in [2.05, 4.69) is 0 Å². The van der Waals surface area contributed by atoms with Gasteiger partial charge in [-0.2, -0.15) is 0 Å². The lowest BCUT2D eigenvalue weighted by Crippen LogP contribution is -2.39. The first-order chi connectivity index (χ1) is 8.38. The van der Waals surface area contributed by atoms with Gasteiger partial charge in [0.2, 0.25) is 0 Å². The normalized spacial score (nSPS) is 13.8. The van der Waals surface area contributed by atoms with Crippen LogP contribution in [0.3, 0.4) is 0 Å². The molecular weight excluding hydrogens is 240 g/mol. The fourth-order valence-corrected chi connectivity index (χ4v) is 1.48. The molecule has 5 heteroatoms. The number of hydrogen-bond acceptors (Lipinski definition) is 2. The maximum Gasteiger partial charge on any atom is 0.253 e. The smallest absolute Gasteiger partial charge is 0.253 e. The Labute approximate surface area is 104 Å². The van der Waals surface area contributed by atoms with Crippen LogP contribution in [0.1, 0.15) is 24.2 Å². The van der Waals surface area contributed by atoms with E-state index in [1.807, 2.05) is 0 Å². The summed E-state index contributed by atoms with van der Waals surface area (Å²) in [6, 6.07) is 2.66. The van der Waals surface area contributed by atoms with Crippen LogP contribution in [0.15, 0.2) is 18.2 Å². The van der Waals surface area contributed by atoms with Gasteiger partial charge in [-0.05, 0) is 25.1 Å². The van der Waals surface area contributed by atoms with Crippen LogP contribution < -0.4 is 0 Å². The summed E-state index contributed by atoms with van der Waals surface area (Å²) in [4.78, 5) is 24.0. The molecule has 18 heavy (non-hydrogen) atoms. The Hall–Kier alpha value is -1.78. The van der Waals surface area contributed by atoms with Gasteiger partial charge in [-0.25, -0.2) is 8.78 Å². The van der Waals surface area contributed by atoms with Crippen LogP contribution in [0, 0.1) is 17.6 Å². The molecule has 0 fully saturated rings. The van der Waals surface area contributed by atoms with Gasteiger partial charge in [-0.3, -0.25) is 4.79 Å². The molecule has 0 spiro atoms. The first-order valence-corrected chi connectivity index (χ1v) is 5.56. The summed E-state index contributed by atoms with van der Waals surface area (Å²) >= 11 is 0. The zero-order chi connectivity index (χ0) is 13.9. The highest BCUT2D eigenvalue weighted by atomic mass is 19.2. The summed E-state index contributed by atoms with van der Waals surface area (Å²) in [5.41, 5.74) is 0.0568. The Kier molecular flexibility index (Phi) is 4.53. The Morgan fingerprint density at radius 2 is 1.89 bits per heavy atom. The fraction of sp³-hybridized carbons (Fsp3) is 0.385. The molecular formula is C13H15F2NO2. The highest BCUT2D eigenvalue weighted by molar-refractivity contribution is 5.94. The van der Waals surface area contributed by atoms with Gasteiger partial charge in [-0.1, -0.05) is 6.92 Å². The van der Waals surface area contributed by atoms with E-state index in [4.69, 9.17) is 0 Å². The van der Waals surface area contributed by atoms with Gasteiger partial charge in [0, 0.05) is 24.6 Å². The Bertz CT molecular complexity index is 462. The summed E-state index contributed by atoms with van der Waals surface area (Å²) < 4.78 is 25.8. The molecule has 0 aliphatic carbocycles. The molecule has 1 aromatic rings. The molecule has 0 aliphatic heterocycles. The Morgan fingerprint density at radius 1 is 1.28 bits per heavy atom. The zero-order valence-electron chi connectivity index (χ0n) is 10.5. The van der Waals surface area contributed by atoms with Crippen molar-refractivity contribution in [2.45, 2.75) is 19.9 Å². The quantitative estimate of drug-likeness (QED) is 0.774. The van der Waals surface area contributed by atoms with E-state index in [0.29, 0.717) is 0 Å². The topological polar surface area (TPSA) is 37.4 Å². The van der Waals surface area contributed by atoms with E-state index in [9.17, 15) is 18.4 Å². The summed E-state index contributed by atoms with van der Waals surface area (Å²) in [7, 11) is 1.52. The number of rotatable bonds is 4. The lowest BCUT2D eigenvalue weighted by Gasteiger charge is -2.27. The lowest BCUT2D eigenvalue weighted by atomic mass is 10.0. The van der Waals surface area contributed by atoms with E-state index in [1.165, 1.54) is 18.0 Å².